The van der Waals surface area contributed by atoms with E-state index in [9.17, 15) is 9.90 Å². The van der Waals surface area contributed by atoms with Crippen molar-refractivity contribution in [1.29, 1.82) is 10.5 Å². The van der Waals surface area contributed by atoms with Crippen molar-refractivity contribution in [1.82, 2.24) is 4.98 Å². The van der Waals surface area contributed by atoms with Gasteiger partial charge in [-0.25, -0.2) is 0 Å². The molecule has 3 N–H and O–H groups in total. The Morgan fingerprint density at radius 3 is 2.04 bits per heavy atom. The predicted molar refractivity (Wildman–Crippen MR) is 101 cm³/mol. The van der Waals surface area contributed by atoms with Crippen molar-refractivity contribution in [2.45, 2.75) is 39.0 Å². The van der Waals surface area contributed by atoms with E-state index in [0.717, 1.165) is 5.56 Å². The van der Waals surface area contributed by atoms with Crippen LogP contribution in [0.5, 0.6) is 5.88 Å². The number of hydrogen-bond acceptors (Lipinski definition) is 4. The van der Waals surface area contributed by atoms with E-state index in [2.05, 4.69) is 5.32 Å². The molecule has 1 aromatic carbocycles. The second-order valence-electron chi connectivity index (χ2n) is 6.84. The third-order valence-electron chi connectivity index (χ3n) is 4.59. The normalized spacial score (nSPS) is 13.2. The van der Waals surface area contributed by atoms with Crippen LogP contribution < -0.4 is 16.0 Å². The van der Waals surface area contributed by atoms with Gasteiger partial charge in [-0.1, -0.05) is 38.1 Å². The van der Waals surface area contributed by atoms with Gasteiger partial charge < -0.3 is 15.4 Å². The number of quaternary nitrogens is 1. The highest BCUT2D eigenvalue weighted by molar-refractivity contribution is 5.77. The Hall–Kier alpha value is -3.09. The van der Waals surface area contributed by atoms with Crippen LogP contribution in [0.4, 0.5) is 0 Å². The van der Waals surface area contributed by atoms with E-state index in [-0.39, 0.29) is 16.7 Å². The minimum atomic E-state index is -0.774. The van der Waals surface area contributed by atoms with Crippen molar-refractivity contribution < 1.29 is 10.4 Å². The predicted octanol–water partition coefficient (Wildman–Crippen LogP) is 1.72. The fourth-order valence-corrected chi connectivity index (χ4v) is 3.02. The van der Waals surface area contributed by atoms with Crippen LogP contribution in [0.2, 0.25) is 0 Å². The quantitative estimate of drug-likeness (QED) is 0.843. The molecule has 6 heteroatoms. The number of nitrogens with zero attached hydrogens (tertiary/aromatic N) is 2. The van der Waals surface area contributed by atoms with Crippen LogP contribution in [0, 0.1) is 22.7 Å². The first-order valence-corrected chi connectivity index (χ1v) is 9.19. The maximum absolute atomic E-state index is 11.7. The van der Waals surface area contributed by atoms with Crippen molar-refractivity contribution in [2.75, 3.05) is 13.1 Å². The molecule has 140 valence electrons. The molecule has 0 radical (unpaired) electrons. The molecule has 0 spiro atoms. The van der Waals surface area contributed by atoms with Crippen molar-refractivity contribution in [2.24, 2.45) is 0 Å². The van der Waals surface area contributed by atoms with Crippen LogP contribution in [-0.2, 0) is 0 Å². The first-order chi connectivity index (χ1) is 13.0. The molecule has 0 amide bonds. The van der Waals surface area contributed by atoms with E-state index in [1.807, 2.05) is 31.0 Å². The number of hydrogen-bond donors (Lipinski definition) is 2. The lowest BCUT2D eigenvalue weighted by Crippen LogP contribution is -2.85. The summed E-state index contributed by atoms with van der Waals surface area (Å²) in [6.07, 6.45) is 4.36. The lowest BCUT2D eigenvalue weighted by molar-refractivity contribution is -0.662. The fourth-order valence-electron chi connectivity index (χ4n) is 3.02. The number of benzene rings is 1. The molecule has 0 saturated carbocycles. The van der Waals surface area contributed by atoms with Gasteiger partial charge >= 0.3 is 0 Å². The minimum absolute atomic E-state index is 0.101. The summed E-state index contributed by atoms with van der Waals surface area (Å²) in [5.41, 5.74) is 0.485. The number of pyridine rings is 1. The summed E-state index contributed by atoms with van der Waals surface area (Å²) in [4.78, 5) is 13.7. The Morgan fingerprint density at radius 2 is 1.63 bits per heavy atom. The number of nitrogens with two attached hydrogens (primary N) is 1. The lowest BCUT2D eigenvalue weighted by atomic mass is 9.94. The third-order valence-corrected chi connectivity index (χ3v) is 4.59. The van der Waals surface area contributed by atoms with Gasteiger partial charge in [0.25, 0.3) is 5.56 Å². The summed E-state index contributed by atoms with van der Waals surface area (Å²) in [6, 6.07) is 10.7. The van der Waals surface area contributed by atoms with Gasteiger partial charge in [0.1, 0.15) is 17.7 Å². The van der Waals surface area contributed by atoms with Gasteiger partial charge in [0.2, 0.25) is 0 Å². The number of aromatic amines is 1. The zero-order valence-electron chi connectivity index (χ0n) is 15.7. The van der Waals surface area contributed by atoms with Crippen LogP contribution in [0.15, 0.2) is 29.1 Å². The van der Waals surface area contributed by atoms with Crippen LogP contribution in [0.1, 0.15) is 55.7 Å². The fraction of sp³-hybridized carbons (Fsp3) is 0.381. The summed E-state index contributed by atoms with van der Waals surface area (Å²) in [7, 11) is 0. The van der Waals surface area contributed by atoms with Gasteiger partial charge in [0.05, 0.1) is 18.7 Å². The largest absolute Gasteiger partial charge is 0.859 e. The molecule has 2 heterocycles. The topological polar surface area (TPSA) is 120 Å². The summed E-state index contributed by atoms with van der Waals surface area (Å²) < 4.78 is 0. The van der Waals surface area contributed by atoms with Gasteiger partial charge in [-0.2, -0.15) is 10.5 Å². The highest BCUT2D eigenvalue weighted by Crippen LogP contribution is 2.29. The van der Waals surface area contributed by atoms with E-state index in [1.165, 1.54) is 32.4 Å². The molecule has 1 saturated heterocycles. The smallest absolute Gasteiger partial charge is 0.266 e. The Labute approximate surface area is 159 Å². The molecular formula is C21H24N4O2. The molecule has 0 bridgehead atoms. The molecule has 27 heavy (non-hydrogen) atoms. The monoisotopic (exact) mass is 364 g/mol. The van der Waals surface area contributed by atoms with E-state index >= 15 is 0 Å². The van der Waals surface area contributed by atoms with Gasteiger partial charge in [-0.15, -0.1) is 0 Å². The summed E-state index contributed by atoms with van der Waals surface area (Å²) in [5, 5.41) is 32.4. The van der Waals surface area contributed by atoms with Crippen LogP contribution >= 0.6 is 0 Å². The Bertz CT molecular complexity index is 900. The molecule has 3 rings (SSSR count). The Morgan fingerprint density at radius 1 is 1.04 bits per heavy atom. The number of nitriles is 2. The Kier molecular flexibility index (Phi) is 7.16. The molecule has 6 nitrogen and oxygen atoms in total. The zero-order valence-corrected chi connectivity index (χ0v) is 15.7. The van der Waals surface area contributed by atoms with E-state index in [0.29, 0.717) is 11.5 Å². The number of rotatable bonds is 2. The van der Waals surface area contributed by atoms with Crippen molar-refractivity contribution in [3.8, 4) is 29.1 Å². The number of piperidine rings is 1. The van der Waals surface area contributed by atoms with Gasteiger partial charge in [0, 0.05) is 5.56 Å². The molecule has 1 fully saturated rings. The van der Waals surface area contributed by atoms with Crippen molar-refractivity contribution in [3.63, 3.8) is 0 Å². The minimum Gasteiger partial charge on any atom is -0.859 e. The van der Waals surface area contributed by atoms with E-state index in [4.69, 9.17) is 10.5 Å². The van der Waals surface area contributed by atoms with Gasteiger partial charge in [-0.05, 0) is 42.2 Å². The molecule has 1 aromatic heterocycles. The average Bonchev–Trinajstić information content (AvgIpc) is 2.69. The summed E-state index contributed by atoms with van der Waals surface area (Å²) in [6.45, 7) is 6.83. The number of H-pyrrole nitrogens is 1. The molecule has 0 unspecified atom stereocenters. The molecule has 0 atom stereocenters. The molecule has 1 aliphatic rings. The standard InChI is InChI=1S/C16H13N3O2.C5H11N/c1-9(2)10-3-5-11(6-4-10)14-12(7-17)15(20)19-16(21)13(14)8-18;1-2-4-6-5-3-1/h3-6,9H,1-2H3,(H2,19,20,21);6H,1-5H2. The molecular weight excluding hydrogens is 340 g/mol. The molecule has 2 aromatic rings. The number of nitrogens with one attached hydrogen (secondary N) is 1. The first kappa shape index (κ1) is 20.2. The second kappa shape index (κ2) is 9.56. The third kappa shape index (κ3) is 4.97. The van der Waals surface area contributed by atoms with Gasteiger partial charge in [0.15, 0.2) is 0 Å². The maximum Gasteiger partial charge on any atom is 0.266 e. The highest BCUT2D eigenvalue weighted by Gasteiger charge is 2.16. The zero-order chi connectivity index (χ0) is 19.8. The highest BCUT2D eigenvalue weighted by atomic mass is 16.3. The van der Waals surface area contributed by atoms with Crippen LogP contribution in [0.3, 0.4) is 0 Å². The SMILES string of the molecule is C1CC[NH2+]CC1.CC(C)c1ccc(-c2c(C#N)c([O-])[nH]c(=O)c2C#N)cc1. The summed E-state index contributed by atoms with van der Waals surface area (Å²) in [5.74, 6) is -0.441. The maximum atomic E-state index is 11.7. The Balaban J connectivity index is 0.000000369. The van der Waals surface area contributed by atoms with Crippen LogP contribution in [-0.4, -0.2) is 18.1 Å². The van der Waals surface area contributed by atoms with Crippen molar-refractivity contribution in [3.05, 3.63) is 51.3 Å². The second-order valence-corrected chi connectivity index (χ2v) is 6.84. The molecule has 1 aliphatic heterocycles. The molecule has 0 aliphatic carbocycles. The first-order valence-electron chi connectivity index (χ1n) is 9.19. The van der Waals surface area contributed by atoms with Crippen LogP contribution in [0.25, 0.3) is 11.1 Å². The van der Waals surface area contributed by atoms with Crippen molar-refractivity contribution >= 4 is 0 Å². The summed E-state index contributed by atoms with van der Waals surface area (Å²) >= 11 is 0. The van der Waals surface area contributed by atoms with E-state index < -0.39 is 11.4 Å². The average molecular weight is 364 g/mol. The number of aromatic nitrogens is 1. The lowest BCUT2D eigenvalue weighted by Gasteiger charge is -2.14. The van der Waals surface area contributed by atoms with Gasteiger partial charge in [-0.3, -0.25) is 4.79 Å². The van der Waals surface area contributed by atoms with E-state index in [1.54, 1.807) is 24.3 Å².